The van der Waals surface area contributed by atoms with E-state index in [-0.39, 0.29) is 0 Å². The van der Waals surface area contributed by atoms with Crippen LogP contribution >= 0.6 is 0 Å². The molecule has 0 amide bonds. The van der Waals surface area contributed by atoms with Crippen molar-refractivity contribution in [3.05, 3.63) is 0 Å². The third-order valence-electron chi connectivity index (χ3n) is 3.22. The van der Waals surface area contributed by atoms with E-state index in [1.165, 1.54) is 57.8 Å². The third kappa shape index (κ3) is 15.9. The predicted octanol–water partition coefficient (Wildman–Crippen LogP) is 3.88. The number of unbranched alkanes of at least 4 members (excludes halogenated alkanes) is 9. The summed E-state index contributed by atoms with van der Waals surface area (Å²) in [5, 5.41) is 12.0. The van der Waals surface area contributed by atoms with Gasteiger partial charge in [-0.2, -0.15) is 0 Å². The molecule has 0 bridgehead atoms. The Morgan fingerprint density at radius 3 is 1.65 bits per heavy atom. The zero-order valence-corrected chi connectivity index (χ0v) is 11.8. The fourth-order valence-corrected chi connectivity index (χ4v) is 2.05. The summed E-state index contributed by atoms with van der Waals surface area (Å²) in [6.07, 6.45) is 14.6. The van der Waals surface area contributed by atoms with Gasteiger partial charge in [-0.25, -0.2) is 0 Å². The van der Waals surface area contributed by atoms with E-state index >= 15 is 0 Å². The molecule has 0 aliphatic carbocycles. The molecule has 0 unspecified atom stereocenters. The molecule has 0 heterocycles. The van der Waals surface area contributed by atoms with Gasteiger partial charge in [0.2, 0.25) is 0 Å². The van der Waals surface area contributed by atoms with Crippen LogP contribution in [-0.2, 0) is 0 Å². The fraction of sp³-hybridized carbons (Fsp3) is 1.00. The van der Waals surface area contributed by atoms with Crippen molar-refractivity contribution >= 4 is 0 Å². The lowest BCUT2D eigenvalue weighted by Gasteiger charge is -2.04. The summed E-state index contributed by atoms with van der Waals surface area (Å²) in [5.41, 5.74) is 0. The zero-order valence-electron chi connectivity index (χ0n) is 11.8. The van der Waals surface area contributed by atoms with Gasteiger partial charge < -0.3 is 10.4 Å². The molecule has 2 N–H and O–H groups in total. The Balaban J connectivity index is 2.85. The summed E-state index contributed by atoms with van der Waals surface area (Å²) in [6.45, 7) is 4.83. The average Bonchev–Trinajstić information content (AvgIpc) is 2.35. The molecule has 0 saturated heterocycles. The van der Waals surface area contributed by atoms with Crippen molar-refractivity contribution in [3.63, 3.8) is 0 Å². The summed E-state index contributed by atoms with van der Waals surface area (Å²) >= 11 is 0. The highest BCUT2D eigenvalue weighted by atomic mass is 16.2. The number of rotatable bonds is 14. The summed E-state index contributed by atoms with van der Waals surface area (Å²) in [4.78, 5) is 0. The van der Waals surface area contributed by atoms with Gasteiger partial charge in [-0.3, -0.25) is 0 Å². The predicted molar refractivity (Wildman–Crippen MR) is 76.4 cm³/mol. The summed E-state index contributed by atoms with van der Waals surface area (Å²) in [6, 6.07) is 0. The highest BCUT2D eigenvalue weighted by Gasteiger charge is 1.92. The van der Waals surface area contributed by atoms with Crippen LogP contribution in [0.5, 0.6) is 0 Å². The lowest BCUT2D eigenvalue weighted by Crippen LogP contribution is -2.16. The molecule has 0 aromatic carbocycles. The van der Waals surface area contributed by atoms with Gasteiger partial charge in [0.05, 0.1) is 0 Å². The monoisotopic (exact) mass is 243 g/mol. The lowest BCUT2D eigenvalue weighted by atomic mass is 10.1. The first kappa shape index (κ1) is 16.9. The molecule has 0 aromatic rings. The Morgan fingerprint density at radius 1 is 0.647 bits per heavy atom. The normalized spacial score (nSPS) is 10.9. The minimum atomic E-state index is 0.333. The summed E-state index contributed by atoms with van der Waals surface area (Å²) in [7, 11) is 0. The van der Waals surface area contributed by atoms with E-state index in [4.69, 9.17) is 5.11 Å². The van der Waals surface area contributed by atoms with Crippen LogP contribution in [0.15, 0.2) is 0 Å². The maximum Gasteiger partial charge on any atom is 0.0431 e. The molecule has 0 fully saturated rings. The Hall–Kier alpha value is -0.0800. The van der Waals surface area contributed by atoms with E-state index in [2.05, 4.69) is 12.2 Å². The highest BCUT2D eigenvalue weighted by molar-refractivity contribution is 4.51. The number of nitrogens with one attached hydrogen (secondary N) is 1. The zero-order chi connectivity index (χ0) is 12.6. The first-order valence-corrected chi connectivity index (χ1v) is 7.73. The van der Waals surface area contributed by atoms with Gasteiger partial charge in [-0.15, -0.1) is 0 Å². The molecule has 0 rings (SSSR count). The van der Waals surface area contributed by atoms with E-state index in [0.717, 1.165) is 25.9 Å². The summed E-state index contributed by atoms with van der Waals surface area (Å²) in [5.74, 6) is 0. The molecule has 0 saturated carbocycles. The van der Waals surface area contributed by atoms with Crippen LogP contribution in [0, 0.1) is 0 Å². The van der Waals surface area contributed by atoms with E-state index in [9.17, 15) is 0 Å². The van der Waals surface area contributed by atoms with Crippen molar-refractivity contribution < 1.29 is 5.11 Å². The highest BCUT2D eigenvalue weighted by Crippen LogP contribution is 2.09. The molecular formula is C15H33NO. The molecular weight excluding hydrogens is 210 g/mol. The largest absolute Gasteiger partial charge is 0.396 e. The number of aliphatic hydroxyl groups excluding tert-OH is 1. The molecule has 2 nitrogen and oxygen atoms in total. The van der Waals surface area contributed by atoms with E-state index in [0.29, 0.717) is 6.61 Å². The lowest BCUT2D eigenvalue weighted by molar-refractivity contribution is 0.283. The standard InChI is InChI=1S/C15H33NO/c1-2-3-4-5-6-7-8-9-10-13-16-14-11-12-15-17/h16-17H,2-15H2,1H3. The minimum Gasteiger partial charge on any atom is -0.396 e. The summed E-state index contributed by atoms with van der Waals surface area (Å²) < 4.78 is 0. The van der Waals surface area contributed by atoms with Gasteiger partial charge in [0.15, 0.2) is 0 Å². The van der Waals surface area contributed by atoms with Gasteiger partial charge in [0.1, 0.15) is 0 Å². The van der Waals surface area contributed by atoms with Gasteiger partial charge in [0.25, 0.3) is 0 Å². The van der Waals surface area contributed by atoms with Crippen molar-refractivity contribution in [1.82, 2.24) is 5.32 Å². The van der Waals surface area contributed by atoms with E-state index < -0.39 is 0 Å². The van der Waals surface area contributed by atoms with Crippen molar-refractivity contribution in [2.75, 3.05) is 19.7 Å². The van der Waals surface area contributed by atoms with Crippen LogP contribution in [0.1, 0.15) is 77.6 Å². The number of hydrogen-bond donors (Lipinski definition) is 2. The first-order chi connectivity index (χ1) is 8.41. The van der Waals surface area contributed by atoms with Crippen molar-refractivity contribution in [1.29, 1.82) is 0 Å². The van der Waals surface area contributed by atoms with Gasteiger partial charge in [-0.1, -0.05) is 58.3 Å². The number of hydrogen-bond acceptors (Lipinski definition) is 2. The molecule has 0 aliphatic heterocycles. The van der Waals surface area contributed by atoms with Crippen LogP contribution in [0.4, 0.5) is 0 Å². The fourth-order valence-electron chi connectivity index (χ4n) is 2.05. The van der Waals surface area contributed by atoms with E-state index in [1.54, 1.807) is 0 Å². The quantitative estimate of drug-likeness (QED) is 0.454. The minimum absolute atomic E-state index is 0.333. The maximum atomic E-state index is 8.62. The molecule has 0 radical (unpaired) electrons. The Labute approximate surface area is 108 Å². The Bertz CT molecular complexity index is 114. The topological polar surface area (TPSA) is 32.3 Å². The van der Waals surface area contributed by atoms with Gasteiger partial charge >= 0.3 is 0 Å². The Kier molecular flexibility index (Phi) is 15.8. The van der Waals surface area contributed by atoms with Crippen LogP contribution in [0.25, 0.3) is 0 Å². The van der Waals surface area contributed by atoms with Crippen molar-refractivity contribution in [3.8, 4) is 0 Å². The van der Waals surface area contributed by atoms with Crippen LogP contribution in [0.3, 0.4) is 0 Å². The molecule has 0 aromatic heterocycles. The SMILES string of the molecule is CCCCCCCCCCCNCCCCO. The second kappa shape index (κ2) is 15.9. The molecule has 17 heavy (non-hydrogen) atoms. The van der Waals surface area contributed by atoms with Crippen LogP contribution < -0.4 is 5.32 Å². The van der Waals surface area contributed by atoms with Gasteiger partial charge in [-0.05, 0) is 32.4 Å². The van der Waals surface area contributed by atoms with Crippen LogP contribution in [0.2, 0.25) is 0 Å². The smallest absolute Gasteiger partial charge is 0.0431 e. The van der Waals surface area contributed by atoms with E-state index in [1.807, 2.05) is 0 Å². The van der Waals surface area contributed by atoms with Crippen molar-refractivity contribution in [2.24, 2.45) is 0 Å². The van der Waals surface area contributed by atoms with Gasteiger partial charge in [0, 0.05) is 6.61 Å². The first-order valence-electron chi connectivity index (χ1n) is 7.73. The second-order valence-electron chi connectivity index (χ2n) is 5.01. The molecule has 2 heteroatoms. The molecule has 0 atom stereocenters. The third-order valence-corrected chi connectivity index (χ3v) is 3.22. The Morgan fingerprint density at radius 2 is 1.12 bits per heavy atom. The molecule has 0 aliphatic rings. The van der Waals surface area contributed by atoms with Crippen LogP contribution in [-0.4, -0.2) is 24.8 Å². The molecule has 0 spiro atoms. The average molecular weight is 243 g/mol. The van der Waals surface area contributed by atoms with Crippen molar-refractivity contribution in [2.45, 2.75) is 77.6 Å². The maximum absolute atomic E-state index is 8.62. The molecule has 104 valence electrons. The second-order valence-corrected chi connectivity index (χ2v) is 5.01. The number of aliphatic hydroxyl groups is 1.